The molecule has 1 unspecified atom stereocenters. The van der Waals surface area contributed by atoms with Crippen LogP contribution in [0.25, 0.3) is 10.9 Å². The molecule has 0 aliphatic heterocycles. The maximum absolute atomic E-state index is 14.3. The van der Waals surface area contributed by atoms with E-state index in [1.54, 1.807) is 19.1 Å². The number of methoxy groups -OCH3 is 2. The number of carbonyl (C=O) groups excluding carboxylic acids is 2. The van der Waals surface area contributed by atoms with Gasteiger partial charge in [0.15, 0.2) is 5.78 Å². The number of Topliss-reactive ketones (excluding diaryl/α,β-unsaturated/α-hetero) is 1. The van der Waals surface area contributed by atoms with Crippen LogP contribution in [0.1, 0.15) is 61.3 Å². The molecule has 1 amide bonds. The largest absolute Gasteiger partial charge is 0.497 e. The molecule has 208 valence electrons. The number of aryl methyl sites for hydroxylation is 1. The minimum Gasteiger partial charge on any atom is -0.497 e. The van der Waals surface area contributed by atoms with Crippen LogP contribution in [0.3, 0.4) is 0 Å². The molecule has 0 bridgehead atoms. The van der Waals surface area contributed by atoms with Gasteiger partial charge in [-0.05, 0) is 72.0 Å². The van der Waals surface area contributed by atoms with Crippen molar-refractivity contribution < 1.29 is 19.1 Å². The SMILES string of the molecule is COc1ccc(N(C(=O)Cc2c[nH]c3ccccc23)C(C(=O)CC2CCCCC2)c2ccc(OC)c(C)c2)cc1. The van der Waals surface area contributed by atoms with E-state index in [0.717, 1.165) is 59.0 Å². The van der Waals surface area contributed by atoms with Gasteiger partial charge < -0.3 is 14.5 Å². The van der Waals surface area contributed by atoms with Crippen LogP contribution in [-0.2, 0) is 16.0 Å². The summed E-state index contributed by atoms with van der Waals surface area (Å²) in [7, 11) is 3.26. The van der Waals surface area contributed by atoms with E-state index < -0.39 is 6.04 Å². The van der Waals surface area contributed by atoms with E-state index >= 15 is 0 Å². The van der Waals surface area contributed by atoms with Gasteiger partial charge in [0.05, 0.1) is 20.6 Å². The summed E-state index contributed by atoms with van der Waals surface area (Å²) in [5, 5.41) is 1.01. The Balaban J connectivity index is 1.58. The first kappa shape index (κ1) is 27.5. The summed E-state index contributed by atoms with van der Waals surface area (Å²) in [4.78, 5) is 33.6. The molecule has 6 nitrogen and oxygen atoms in total. The second kappa shape index (κ2) is 12.4. The number of hydrogen-bond acceptors (Lipinski definition) is 4. The monoisotopic (exact) mass is 538 g/mol. The topological polar surface area (TPSA) is 71.6 Å². The number of rotatable bonds is 10. The lowest BCUT2D eigenvalue weighted by Crippen LogP contribution is -2.40. The third-order valence-electron chi connectivity index (χ3n) is 8.15. The Labute approximate surface area is 236 Å². The smallest absolute Gasteiger partial charge is 0.232 e. The summed E-state index contributed by atoms with van der Waals surface area (Å²) < 4.78 is 10.9. The molecule has 40 heavy (non-hydrogen) atoms. The van der Waals surface area contributed by atoms with Crippen molar-refractivity contribution in [3.8, 4) is 11.5 Å². The first-order valence-electron chi connectivity index (χ1n) is 14.2. The molecule has 0 spiro atoms. The Hall–Kier alpha value is -4.06. The van der Waals surface area contributed by atoms with Gasteiger partial charge in [0.1, 0.15) is 17.5 Å². The Kier molecular flexibility index (Phi) is 8.54. The second-order valence-corrected chi connectivity index (χ2v) is 10.8. The highest BCUT2D eigenvalue weighted by atomic mass is 16.5. The quantitative estimate of drug-likeness (QED) is 0.229. The zero-order valence-corrected chi connectivity index (χ0v) is 23.6. The average molecular weight is 539 g/mol. The van der Waals surface area contributed by atoms with Crippen LogP contribution in [0, 0.1) is 12.8 Å². The number of anilines is 1. The number of hydrogen-bond donors (Lipinski definition) is 1. The van der Waals surface area contributed by atoms with Gasteiger partial charge in [0.2, 0.25) is 5.91 Å². The van der Waals surface area contributed by atoms with E-state index in [4.69, 9.17) is 9.47 Å². The molecule has 1 fully saturated rings. The van der Waals surface area contributed by atoms with Crippen molar-refractivity contribution in [1.29, 1.82) is 0 Å². The minimum atomic E-state index is -0.752. The Morgan fingerprint density at radius 3 is 2.40 bits per heavy atom. The fourth-order valence-corrected chi connectivity index (χ4v) is 6.04. The van der Waals surface area contributed by atoms with Crippen LogP contribution in [0.5, 0.6) is 11.5 Å². The highest BCUT2D eigenvalue weighted by Crippen LogP contribution is 2.36. The van der Waals surface area contributed by atoms with E-state index in [0.29, 0.717) is 23.8 Å². The third kappa shape index (κ3) is 5.91. The van der Waals surface area contributed by atoms with Gasteiger partial charge in [-0.3, -0.25) is 14.5 Å². The summed E-state index contributed by atoms with van der Waals surface area (Å²) in [6.45, 7) is 1.97. The molecule has 1 atom stereocenters. The fourth-order valence-electron chi connectivity index (χ4n) is 6.04. The van der Waals surface area contributed by atoms with Crippen molar-refractivity contribution in [3.05, 3.63) is 89.6 Å². The zero-order chi connectivity index (χ0) is 28.1. The molecule has 0 saturated heterocycles. The molecule has 1 aliphatic carbocycles. The molecule has 1 N–H and O–H groups in total. The Morgan fingerprint density at radius 1 is 0.950 bits per heavy atom. The van der Waals surface area contributed by atoms with Gasteiger partial charge in [0, 0.05) is 29.2 Å². The predicted octanol–water partition coefficient (Wildman–Crippen LogP) is 7.35. The van der Waals surface area contributed by atoms with Crippen LogP contribution in [0.4, 0.5) is 5.69 Å². The Morgan fingerprint density at radius 2 is 1.70 bits per heavy atom. The van der Waals surface area contributed by atoms with E-state index in [1.807, 2.05) is 79.9 Å². The van der Waals surface area contributed by atoms with Crippen LogP contribution >= 0.6 is 0 Å². The lowest BCUT2D eigenvalue weighted by molar-refractivity contribution is -0.125. The molecule has 5 rings (SSSR count). The summed E-state index contributed by atoms with van der Waals surface area (Å²) >= 11 is 0. The van der Waals surface area contributed by atoms with Crippen molar-refractivity contribution in [2.45, 2.75) is 57.9 Å². The third-order valence-corrected chi connectivity index (χ3v) is 8.15. The number of nitrogens with zero attached hydrogens (tertiary/aromatic N) is 1. The highest BCUT2D eigenvalue weighted by Gasteiger charge is 2.34. The van der Waals surface area contributed by atoms with Crippen molar-refractivity contribution in [3.63, 3.8) is 0 Å². The molecule has 1 aliphatic rings. The van der Waals surface area contributed by atoms with Crippen molar-refractivity contribution in [2.75, 3.05) is 19.1 Å². The van der Waals surface area contributed by atoms with Crippen molar-refractivity contribution >= 4 is 28.3 Å². The van der Waals surface area contributed by atoms with Crippen LogP contribution < -0.4 is 14.4 Å². The lowest BCUT2D eigenvalue weighted by atomic mass is 9.83. The van der Waals surface area contributed by atoms with Crippen molar-refractivity contribution in [2.24, 2.45) is 5.92 Å². The molecular formula is C34H38N2O4. The molecule has 1 aromatic heterocycles. The summed E-state index contributed by atoms with van der Waals surface area (Å²) in [5.41, 5.74) is 4.28. The van der Waals surface area contributed by atoms with Crippen LogP contribution in [0.2, 0.25) is 0 Å². The number of aromatic amines is 1. The van der Waals surface area contributed by atoms with Gasteiger partial charge in [-0.2, -0.15) is 0 Å². The standard InChI is InChI=1S/C34H38N2O4/c1-23-19-25(13-18-32(23)40-3)34(31(37)20-24-9-5-4-6-10-24)36(27-14-16-28(39-2)17-15-27)33(38)21-26-22-35-30-12-8-7-11-29(26)30/h7-8,11-19,22,24,34-35H,4-6,9-10,20-21H2,1-3H3. The van der Waals surface area contributed by atoms with E-state index in [-0.39, 0.29) is 18.1 Å². The number of amides is 1. The summed E-state index contributed by atoms with van der Waals surface area (Å²) in [6.07, 6.45) is 8.19. The number of nitrogens with one attached hydrogen (secondary N) is 1. The van der Waals surface area contributed by atoms with E-state index in [1.165, 1.54) is 6.42 Å². The van der Waals surface area contributed by atoms with Gasteiger partial charge in [-0.25, -0.2) is 0 Å². The Bertz CT molecular complexity index is 1470. The average Bonchev–Trinajstić information content (AvgIpc) is 3.39. The molecule has 4 aromatic rings. The number of carbonyl (C=O) groups is 2. The number of benzene rings is 3. The predicted molar refractivity (Wildman–Crippen MR) is 159 cm³/mol. The number of fused-ring (bicyclic) bond motifs is 1. The highest BCUT2D eigenvalue weighted by molar-refractivity contribution is 6.04. The molecule has 3 aromatic carbocycles. The van der Waals surface area contributed by atoms with Crippen LogP contribution in [0.15, 0.2) is 72.9 Å². The van der Waals surface area contributed by atoms with E-state index in [9.17, 15) is 9.59 Å². The number of H-pyrrole nitrogens is 1. The maximum Gasteiger partial charge on any atom is 0.232 e. The summed E-state index contributed by atoms with van der Waals surface area (Å²) in [5.74, 6) is 1.73. The number of ether oxygens (including phenoxy) is 2. The zero-order valence-electron chi connectivity index (χ0n) is 23.6. The summed E-state index contributed by atoms with van der Waals surface area (Å²) in [6, 6.07) is 20.4. The minimum absolute atomic E-state index is 0.0690. The molecular weight excluding hydrogens is 500 g/mol. The molecule has 1 saturated carbocycles. The van der Waals surface area contributed by atoms with Gasteiger partial charge in [0.25, 0.3) is 0 Å². The number of ketones is 1. The molecule has 1 heterocycles. The first-order valence-corrected chi connectivity index (χ1v) is 14.2. The number of aromatic nitrogens is 1. The van der Waals surface area contributed by atoms with Gasteiger partial charge >= 0.3 is 0 Å². The normalized spacial score (nSPS) is 14.6. The lowest BCUT2D eigenvalue weighted by Gasteiger charge is -2.33. The van der Waals surface area contributed by atoms with E-state index in [2.05, 4.69) is 4.98 Å². The second-order valence-electron chi connectivity index (χ2n) is 10.8. The maximum atomic E-state index is 14.3. The van der Waals surface area contributed by atoms with Gasteiger partial charge in [-0.1, -0.05) is 56.4 Å². The molecule has 0 radical (unpaired) electrons. The van der Waals surface area contributed by atoms with Gasteiger partial charge in [-0.15, -0.1) is 0 Å². The van der Waals surface area contributed by atoms with Crippen LogP contribution in [-0.4, -0.2) is 30.9 Å². The first-order chi connectivity index (χ1) is 19.5. The molecule has 6 heteroatoms. The fraction of sp³-hybridized carbons (Fsp3) is 0.353. The van der Waals surface area contributed by atoms with Crippen molar-refractivity contribution in [1.82, 2.24) is 4.98 Å². The number of para-hydroxylation sites is 1.